The Kier molecular flexibility index (Phi) is 7.82. The number of carbonyl (C=O) groups excluding carboxylic acids is 2. The minimum Gasteiger partial charge on any atom is -0.357 e. The molecule has 1 atom stereocenters. The molecule has 1 unspecified atom stereocenters. The van der Waals surface area contributed by atoms with Gasteiger partial charge in [0.05, 0.1) is 36.9 Å². The molecule has 0 aliphatic heterocycles. The molecule has 3 aromatic carbocycles. The molecule has 0 aliphatic rings. The highest BCUT2D eigenvalue weighted by Crippen LogP contribution is 2.34. The van der Waals surface area contributed by atoms with E-state index < -0.39 is 11.9 Å². The van der Waals surface area contributed by atoms with Crippen molar-refractivity contribution in [2.75, 3.05) is 7.05 Å². The topological polar surface area (TPSA) is 71.1 Å². The molecule has 0 saturated heterocycles. The second-order valence-corrected chi connectivity index (χ2v) is 9.39. The average molecular weight is 547 g/mol. The van der Waals surface area contributed by atoms with Crippen molar-refractivity contribution in [2.24, 2.45) is 0 Å². The van der Waals surface area contributed by atoms with Crippen LogP contribution in [0.2, 0.25) is 20.1 Å². The monoisotopic (exact) mass is 545 g/mol. The van der Waals surface area contributed by atoms with Gasteiger partial charge in [0.15, 0.2) is 0 Å². The van der Waals surface area contributed by atoms with Crippen LogP contribution in [-0.2, 0) is 11.2 Å². The summed E-state index contributed by atoms with van der Waals surface area (Å²) in [5.41, 5.74) is 3.03. The number of fused-ring (bicyclic) bond motifs is 1. The van der Waals surface area contributed by atoms with Gasteiger partial charge in [0, 0.05) is 24.4 Å². The highest BCUT2D eigenvalue weighted by molar-refractivity contribution is 6.40. The predicted octanol–water partition coefficient (Wildman–Crippen LogP) is 6.60. The SMILES string of the molecule is CNC(=O)C(Cc1ccc2nc(-c3c(Cl)cccc3Cl)ccc2c1)NC(=O)c1c(Cl)cccc1Cl. The van der Waals surface area contributed by atoms with E-state index in [1.54, 1.807) is 36.4 Å². The molecule has 9 heteroatoms. The lowest BCUT2D eigenvalue weighted by molar-refractivity contribution is -0.122. The Morgan fingerprint density at radius 1 is 0.857 bits per heavy atom. The van der Waals surface area contributed by atoms with Gasteiger partial charge in [-0.2, -0.15) is 0 Å². The lowest BCUT2D eigenvalue weighted by Crippen LogP contribution is -2.47. The number of carbonyl (C=O) groups is 2. The molecular formula is C26H19Cl4N3O2. The highest BCUT2D eigenvalue weighted by atomic mass is 35.5. The summed E-state index contributed by atoms with van der Waals surface area (Å²) in [6, 6.07) is 18.6. The van der Waals surface area contributed by atoms with Crippen molar-refractivity contribution in [3.8, 4) is 11.3 Å². The van der Waals surface area contributed by atoms with Crippen LogP contribution in [0.5, 0.6) is 0 Å². The standard InChI is InChI=1S/C26H19Cl4N3O2/c1-31-25(34)22(33-26(35)24-18(29)6-3-7-19(24)30)13-14-8-10-20-15(12-14)9-11-21(32-20)23-16(27)4-2-5-17(23)28/h2-12,22H,13H2,1H3,(H,31,34)(H,33,35). The number of nitrogens with zero attached hydrogens (tertiary/aromatic N) is 1. The molecule has 0 aliphatic carbocycles. The van der Waals surface area contributed by atoms with Gasteiger partial charge >= 0.3 is 0 Å². The van der Waals surface area contributed by atoms with Crippen molar-refractivity contribution in [1.82, 2.24) is 15.6 Å². The van der Waals surface area contributed by atoms with Gasteiger partial charge in [-0.1, -0.05) is 70.7 Å². The van der Waals surface area contributed by atoms with Crippen LogP contribution in [0.1, 0.15) is 15.9 Å². The fourth-order valence-electron chi connectivity index (χ4n) is 3.75. The van der Waals surface area contributed by atoms with Crippen molar-refractivity contribution in [3.05, 3.63) is 97.9 Å². The van der Waals surface area contributed by atoms with Crippen molar-refractivity contribution >= 4 is 69.1 Å². The Balaban J connectivity index is 1.60. The zero-order chi connectivity index (χ0) is 25.1. The van der Waals surface area contributed by atoms with E-state index in [9.17, 15) is 9.59 Å². The smallest absolute Gasteiger partial charge is 0.254 e. The third-order valence-electron chi connectivity index (χ3n) is 5.47. The Bertz CT molecular complexity index is 1400. The van der Waals surface area contributed by atoms with Crippen LogP contribution in [0, 0.1) is 0 Å². The molecule has 0 radical (unpaired) electrons. The molecule has 2 amide bonds. The third kappa shape index (κ3) is 5.54. The minimum atomic E-state index is -0.841. The van der Waals surface area contributed by atoms with Crippen LogP contribution in [0.4, 0.5) is 0 Å². The summed E-state index contributed by atoms with van der Waals surface area (Å²) in [6.45, 7) is 0. The number of hydrogen-bond acceptors (Lipinski definition) is 3. The van der Waals surface area contributed by atoms with Gasteiger partial charge in [0.1, 0.15) is 6.04 Å². The maximum atomic E-state index is 12.9. The van der Waals surface area contributed by atoms with E-state index in [-0.39, 0.29) is 27.9 Å². The van der Waals surface area contributed by atoms with Gasteiger partial charge in [-0.05, 0) is 48.0 Å². The second kappa shape index (κ2) is 10.8. The summed E-state index contributed by atoms with van der Waals surface area (Å²) in [5.74, 6) is -0.874. The molecule has 2 N–H and O–H groups in total. The first kappa shape index (κ1) is 25.3. The third-order valence-corrected chi connectivity index (χ3v) is 6.73. The molecule has 4 rings (SSSR count). The number of benzene rings is 3. The average Bonchev–Trinajstić information content (AvgIpc) is 2.83. The van der Waals surface area contributed by atoms with Crippen LogP contribution < -0.4 is 10.6 Å². The second-order valence-electron chi connectivity index (χ2n) is 7.76. The Morgan fingerprint density at radius 2 is 1.49 bits per heavy atom. The van der Waals surface area contributed by atoms with Crippen molar-refractivity contribution in [3.63, 3.8) is 0 Å². The van der Waals surface area contributed by atoms with Crippen molar-refractivity contribution in [2.45, 2.75) is 12.5 Å². The number of rotatable bonds is 6. The number of nitrogens with one attached hydrogen (secondary N) is 2. The van der Waals surface area contributed by atoms with Crippen LogP contribution >= 0.6 is 46.4 Å². The maximum Gasteiger partial charge on any atom is 0.254 e. The van der Waals surface area contributed by atoms with Gasteiger partial charge in [0.25, 0.3) is 5.91 Å². The van der Waals surface area contributed by atoms with E-state index in [2.05, 4.69) is 10.6 Å². The van der Waals surface area contributed by atoms with Crippen LogP contribution in [0.25, 0.3) is 22.2 Å². The van der Waals surface area contributed by atoms with Crippen LogP contribution in [0.15, 0.2) is 66.7 Å². The van der Waals surface area contributed by atoms with E-state index in [1.807, 2.05) is 30.3 Å². The molecule has 0 bridgehead atoms. The minimum absolute atomic E-state index is 0.123. The molecule has 0 fully saturated rings. The molecule has 35 heavy (non-hydrogen) atoms. The largest absolute Gasteiger partial charge is 0.357 e. The summed E-state index contributed by atoms with van der Waals surface area (Å²) in [4.78, 5) is 30.1. The van der Waals surface area contributed by atoms with Crippen LogP contribution in [-0.4, -0.2) is 29.9 Å². The van der Waals surface area contributed by atoms with E-state index in [1.165, 1.54) is 7.05 Å². The summed E-state index contributed by atoms with van der Waals surface area (Å²) in [6.07, 6.45) is 0.252. The first-order valence-corrected chi connectivity index (χ1v) is 12.1. The lowest BCUT2D eigenvalue weighted by atomic mass is 10.0. The first-order valence-electron chi connectivity index (χ1n) is 10.6. The Morgan fingerprint density at radius 3 is 2.11 bits per heavy atom. The normalized spacial score (nSPS) is 11.8. The lowest BCUT2D eigenvalue weighted by Gasteiger charge is -2.18. The number of amides is 2. The van der Waals surface area contributed by atoms with Gasteiger partial charge in [-0.25, -0.2) is 4.98 Å². The van der Waals surface area contributed by atoms with Gasteiger partial charge in [-0.15, -0.1) is 0 Å². The highest BCUT2D eigenvalue weighted by Gasteiger charge is 2.24. The van der Waals surface area contributed by atoms with Gasteiger partial charge < -0.3 is 10.6 Å². The molecule has 1 heterocycles. The summed E-state index contributed by atoms with van der Waals surface area (Å²) >= 11 is 25.0. The van der Waals surface area contributed by atoms with Gasteiger partial charge in [0.2, 0.25) is 5.91 Å². The van der Waals surface area contributed by atoms with Crippen molar-refractivity contribution < 1.29 is 9.59 Å². The Hall–Kier alpha value is -2.83. The summed E-state index contributed by atoms with van der Waals surface area (Å²) in [7, 11) is 1.51. The number of pyridine rings is 1. The Labute approximate surface area is 222 Å². The molecule has 4 aromatic rings. The summed E-state index contributed by atoms with van der Waals surface area (Å²) < 4.78 is 0. The van der Waals surface area contributed by atoms with E-state index in [0.29, 0.717) is 21.3 Å². The van der Waals surface area contributed by atoms with Gasteiger partial charge in [-0.3, -0.25) is 9.59 Å². The van der Waals surface area contributed by atoms with Crippen molar-refractivity contribution in [1.29, 1.82) is 0 Å². The predicted molar refractivity (Wildman–Crippen MR) is 143 cm³/mol. The quantitative estimate of drug-likeness (QED) is 0.286. The zero-order valence-corrected chi connectivity index (χ0v) is 21.4. The number of hydrogen-bond donors (Lipinski definition) is 2. The first-order chi connectivity index (χ1) is 16.8. The number of aromatic nitrogens is 1. The number of halogens is 4. The fraction of sp³-hybridized carbons (Fsp3) is 0.115. The van der Waals surface area contributed by atoms with E-state index >= 15 is 0 Å². The van der Waals surface area contributed by atoms with E-state index in [4.69, 9.17) is 51.4 Å². The molecule has 0 spiro atoms. The summed E-state index contributed by atoms with van der Waals surface area (Å²) in [5, 5.41) is 7.64. The molecule has 5 nitrogen and oxygen atoms in total. The maximum absolute atomic E-state index is 12.9. The fourth-order valence-corrected chi connectivity index (χ4v) is 4.91. The van der Waals surface area contributed by atoms with Crippen LogP contribution in [0.3, 0.4) is 0 Å². The molecule has 178 valence electrons. The number of likely N-dealkylation sites (N-methyl/N-ethyl adjacent to an activating group) is 1. The zero-order valence-electron chi connectivity index (χ0n) is 18.4. The molecular weight excluding hydrogens is 528 g/mol. The molecule has 1 aromatic heterocycles. The van der Waals surface area contributed by atoms with E-state index in [0.717, 1.165) is 16.5 Å². The molecule has 0 saturated carbocycles.